The normalized spacial score (nSPS) is 19.4. The number of β-amino-alcohol motifs (C(OH)–C–C–N with tert-alkyl or cyclic N) is 1. The van der Waals surface area contributed by atoms with Crippen molar-refractivity contribution >= 4 is 5.91 Å². The molecule has 0 aliphatic carbocycles. The number of hydrogen-bond acceptors (Lipinski definition) is 4. The van der Waals surface area contributed by atoms with Gasteiger partial charge < -0.3 is 15.0 Å². The third-order valence-electron chi connectivity index (χ3n) is 5.13. The van der Waals surface area contributed by atoms with Crippen molar-refractivity contribution < 1.29 is 14.3 Å². The summed E-state index contributed by atoms with van der Waals surface area (Å²) in [6, 6.07) is 7.89. The first-order valence-corrected chi connectivity index (χ1v) is 9.21. The molecule has 4 rings (SSSR count). The van der Waals surface area contributed by atoms with Crippen molar-refractivity contribution in [2.45, 2.75) is 26.4 Å². The summed E-state index contributed by atoms with van der Waals surface area (Å²) in [4.78, 5) is 22.1. The summed E-state index contributed by atoms with van der Waals surface area (Å²) < 4.78 is 13.1. The second-order valence-corrected chi connectivity index (χ2v) is 7.35. The van der Waals surface area contributed by atoms with E-state index in [4.69, 9.17) is 0 Å². The minimum absolute atomic E-state index is 0.0672. The predicted octanol–water partition coefficient (Wildman–Crippen LogP) is 2.23. The van der Waals surface area contributed by atoms with Crippen LogP contribution in [0.1, 0.15) is 27.6 Å². The van der Waals surface area contributed by atoms with Gasteiger partial charge in [0.1, 0.15) is 17.3 Å². The van der Waals surface area contributed by atoms with E-state index < -0.39 is 6.10 Å². The van der Waals surface area contributed by atoms with Gasteiger partial charge in [-0.15, -0.1) is 0 Å². The fourth-order valence-electron chi connectivity index (χ4n) is 3.63. The first-order valence-electron chi connectivity index (χ1n) is 9.21. The van der Waals surface area contributed by atoms with E-state index in [1.165, 1.54) is 12.1 Å². The van der Waals surface area contributed by atoms with Gasteiger partial charge in [-0.1, -0.05) is 0 Å². The van der Waals surface area contributed by atoms with Crippen LogP contribution >= 0.6 is 0 Å². The van der Waals surface area contributed by atoms with E-state index in [2.05, 4.69) is 20.2 Å². The topological polar surface area (TPSA) is 97.9 Å². The number of aromatic nitrogens is 4. The summed E-state index contributed by atoms with van der Waals surface area (Å²) in [5.74, 6) is -0.0963. The lowest BCUT2D eigenvalue weighted by molar-refractivity contribution is 0.0758. The van der Waals surface area contributed by atoms with E-state index in [-0.39, 0.29) is 24.2 Å². The second-order valence-electron chi connectivity index (χ2n) is 7.35. The van der Waals surface area contributed by atoms with Crippen LogP contribution in [0.4, 0.5) is 4.39 Å². The van der Waals surface area contributed by atoms with Crippen molar-refractivity contribution in [3.63, 3.8) is 0 Å². The first kappa shape index (κ1) is 18.4. The molecule has 8 heteroatoms. The maximum atomic E-state index is 13.1. The number of aliphatic hydroxyl groups excluding tert-OH is 1. The van der Waals surface area contributed by atoms with Crippen LogP contribution in [-0.2, 0) is 6.42 Å². The molecule has 1 amide bonds. The maximum Gasteiger partial charge on any atom is 0.274 e. The highest BCUT2D eigenvalue weighted by Gasteiger charge is 2.36. The Morgan fingerprint density at radius 1 is 1.29 bits per heavy atom. The van der Waals surface area contributed by atoms with Gasteiger partial charge in [0, 0.05) is 36.0 Å². The summed E-state index contributed by atoms with van der Waals surface area (Å²) in [5, 5.41) is 17.5. The predicted molar refractivity (Wildman–Crippen MR) is 101 cm³/mol. The number of aromatic amines is 2. The van der Waals surface area contributed by atoms with Gasteiger partial charge in [-0.3, -0.25) is 9.89 Å². The molecule has 1 aliphatic rings. The van der Waals surface area contributed by atoms with Gasteiger partial charge in [0.25, 0.3) is 5.91 Å². The van der Waals surface area contributed by atoms with E-state index >= 15 is 0 Å². The Bertz CT molecular complexity index is 994. The molecule has 1 aromatic carbocycles. The fourth-order valence-corrected chi connectivity index (χ4v) is 3.63. The number of halogens is 1. The number of nitrogens with zero attached hydrogens (tertiary/aromatic N) is 3. The summed E-state index contributed by atoms with van der Waals surface area (Å²) in [7, 11) is 0. The van der Waals surface area contributed by atoms with Crippen LogP contribution in [0.2, 0.25) is 0 Å². The fraction of sp³-hybridized carbons (Fsp3) is 0.350. The van der Waals surface area contributed by atoms with E-state index in [1.807, 2.05) is 13.0 Å². The van der Waals surface area contributed by atoms with Crippen molar-refractivity contribution in [1.29, 1.82) is 0 Å². The third kappa shape index (κ3) is 3.55. The average molecular weight is 383 g/mol. The standard InChI is InChI=1S/C20H22FN5O2/c1-11-7-16(25-24-11)8-14-9-26(10-17(14)27)20(28)18-12(2)22-19(23-18)13-3-5-15(21)6-4-13/h3-7,14,17,27H,8-10H2,1-2H3,(H,22,23)(H,24,25)/t14-,17+/m1/s1. The molecule has 7 nitrogen and oxygen atoms in total. The van der Waals surface area contributed by atoms with Gasteiger partial charge in [0.15, 0.2) is 0 Å². The Labute approximate surface area is 161 Å². The van der Waals surface area contributed by atoms with Crippen molar-refractivity contribution in [2.24, 2.45) is 5.92 Å². The smallest absolute Gasteiger partial charge is 0.274 e. The maximum absolute atomic E-state index is 13.1. The number of amides is 1. The number of rotatable bonds is 4. The second kappa shape index (κ2) is 7.20. The Balaban J connectivity index is 1.49. The zero-order valence-corrected chi connectivity index (χ0v) is 15.7. The molecule has 146 valence electrons. The van der Waals surface area contributed by atoms with Crippen LogP contribution in [-0.4, -0.2) is 55.3 Å². The monoisotopic (exact) mass is 383 g/mol. The minimum Gasteiger partial charge on any atom is -0.391 e. The van der Waals surface area contributed by atoms with Crippen molar-refractivity contribution in [3.05, 3.63) is 58.9 Å². The van der Waals surface area contributed by atoms with Crippen LogP contribution in [0.25, 0.3) is 11.4 Å². The summed E-state index contributed by atoms with van der Waals surface area (Å²) >= 11 is 0. The van der Waals surface area contributed by atoms with Gasteiger partial charge in [-0.05, 0) is 50.6 Å². The first-order chi connectivity index (χ1) is 13.4. The van der Waals surface area contributed by atoms with E-state index in [0.717, 1.165) is 11.4 Å². The van der Waals surface area contributed by atoms with Crippen LogP contribution < -0.4 is 0 Å². The molecule has 1 fully saturated rings. The SMILES string of the molecule is Cc1cc(C[C@@H]2CN(C(=O)c3nc(-c4ccc(F)cc4)[nH]c3C)C[C@@H]2O)n[nH]1. The number of carbonyl (C=O) groups is 1. The largest absolute Gasteiger partial charge is 0.391 e. The van der Waals surface area contributed by atoms with Crippen LogP contribution in [0.15, 0.2) is 30.3 Å². The summed E-state index contributed by atoms with van der Waals surface area (Å²) in [5.41, 5.74) is 3.52. The summed E-state index contributed by atoms with van der Waals surface area (Å²) in [6.07, 6.45) is 0.00660. The van der Waals surface area contributed by atoms with Crippen LogP contribution in [0, 0.1) is 25.6 Å². The highest BCUT2D eigenvalue weighted by Crippen LogP contribution is 2.25. The Hall–Kier alpha value is -3.00. The zero-order valence-electron chi connectivity index (χ0n) is 15.7. The van der Waals surface area contributed by atoms with Gasteiger partial charge >= 0.3 is 0 Å². The number of likely N-dealkylation sites (tertiary alicyclic amines) is 1. The highest BCUT2D eigenvalue weighted by atomic mass is 19.1. The molecule has 0 radical (unpaired) electrons. The lowest BCUT2D eigenvalue weighted by atomic mass is 10.0. The number of hydrogen-bond donors (Lipinski definition) is 3. The number of aryl methyl sites for hydroxylation is 2. The van der Waals surface area contributed by atoms with Gasteiger partial charge in [-0.25, -0.2) is 9.37 Å². The molecule has 3 heterocycles. The molecule has 0 unspecified atom stereocenters. The molecule has 0 spiro atoms. The number of nitrogens with one attached hydrogen (secondary N) is 2. The minimum atomic E-state index is -0.600. The molecule has 0 bridgehead atoms. The van der Waals surface area contributed by atoms with E-state index in [1.54, 1.807) is 24.0 Å². The molecular weight excluding hydrogens is 361 g/mol. The number of carbonyl (C=O) groups excluding carboxylic acids is 1. The zero-order chi connectivity index (χ0) is 19.8. The van der Waals surface area contributed by atoms with Gasteiger partial charge in [-0.2, -0.15) is 5.10 Å². The van der Waals surface area contributed by atoms with Crippen LogP contribution in [0.5, 0.6) is 0 Å². The highest BCUT2D eigenvalue weighted by molar-refractivity contribution is 5.94. The molecular formula is C20H22FN5O2. The number of aliphatic hydroxyl groups is 1. The van der Waals surface area contributed by atoms with Crippen LogP contribution in [0.3, 0.4) is 0 Å². The summed E-state index contributed by atoms with van der Waals surface area (Å²) in [6.45, 7) is 4.43. The van der Waals surface area contributed by atoms with E-state index in [9.17, 15) is 14.3 Å². The Morgan fingerprint density at radius 2 is 2.04 bits per heavy atom. The third-order valence-corrected chi connectivity index (χ3v) is 5.13. The Morgan fingerprint density at radius 3 is 2.71 bits per heavy atom. The molecule has 2 atom stereocenters. The van der Waals surface area contributed by atoms with Gasteiger partial charge in [0.2, 0.25) is 0 Å². The van der Waals surface area contributed by atoms with E-state index in [0.29, 0.717) is 35.7 Å². The molecule has 3 aromatic rings. The lowest BCUT2D eigenvalue weighted by Crippen LogP contribution is -2.30. The number of H-pyrrole nitrogens is 2. The average Bonchev–Trinajstić information content (AvgIpc) is 3.35. The van der Waals surface area contributed by atoms with Crippen molar-refractivity contribution in [3.8, 4) is 11.4 Å². The Kier molecular flexibility index (Phi) is 4.72. The lowest BCUT2D eigenvalue weighted by Gasteiger charge is -2.15. The molecule has 3 N–H and O–H groups in total. The molecule has 1 saturated heterocycles. The molecule has 28 heavy (non-hydrogen) atoms. The number of imidazole rings is 1. The van der Waals surface area contributed by atoms with Crippen molar-refractivity contribution in [1.82, 2.24) is 25.1 Å². The molecule has 1 aliphatic heterocycles. The van der Waals surface area contributed by atoms with Gasteiger partial charge in [0.05, 0.1) is 11.8 Å². The quantitative estimate of drug-likeness (QED) is 0.643. The molecule has 2 aromatic heterocycles. The number of benzene rings is 1. The van der Waals surface area contributed by atoms with Crippen molar-refractivity contribution in [2.75, 3.05) is 13.1 Å². The molecule has 0 saturated carbocycles.